The van der Waals surface area contributed by atoms with Crippen molar-refractivity contribution in [3.63, 3.8) is 0 Å². The first-order valence-corrected chi connectivity index (χ1v) is 10.6. The predicted octanol–water partition coefficient (Wildman–Crippen LogP) is 3.55. The van der Waals surface area contributed by atoms with Gasteiger partial charge in [-0.1, -0.05) is 12.1 Å². The summed E-state index contributed by atoms with van der Waals surface area (Å²) in [4.78, 5) is 20.3. The molecule has 0 aliphatic heterocycles. The number of aromatic nitrogens is 2. The summed E-state index contributed by atoms with van der Waals surface area (Å²) < 4.78 is 23.2. The van der Waals surface area contributed by atoms with Crippen LogP contribution in [-0.2, 0) is 6.54 Å². The van der Waals surface area contributed by atoms with Gasteiger partial charge in [-0.25, -0.2) is 4.98 Å². The molecule has 0 aliphatic rings. The lowest BCUT2D eigenvalue weighted by atomic mass is 10.1. The smallest absolute Gasteiger partial charge is 0.261 e. The fraction of sp³-hybridized carbons (Fsp3) is 0.360. The Labute approximate surface area is 194 Å². The number of rotatable bonds is 10. The van der Waals surface area contributed by atoms with Crippen molar-refractivity contribution in [2.75, 3.05) is 49.1 Å². The monoisotopic (exact) mass is 453 g/mol. The van der Waals surface area contributed by atoms with E-state index in [1.165, 1.54) is 0 Å². The number of ether oxygens (including phenoxy) is 4. The molecule has 0 unspecified atom stereocenters. The van der Waals surface area contributed by atoms with E-state index in [4.69, 9.17) is 23.9 Å². The average Bonchev–Trinajstić information content (AvgIpc) is 2.82. The second kappa shape index (κ2) is 10.9. The zero-order valence-electron chi connectivity index (χ0n) is 20.0. The van der Waals surface area contributed by atoms with Gasteiger partial charge in [0.25, 0.3) is 5.56 Å². The Morgan fingerprint density at radius 1 is 0.879 bits per heavy atom. The molecule has 0 atom stereocenters. The van der Waals surface area contributed by atoms with Crippen LogP contribution in [0.5, 0.6) is 23.0 Å². The third-order valence-electron chi connectivity index (χ3n) is 5.31. The van der Waals surface area contributed by atoms with Gasteiger partial charge in [0.15, 0.2) is 23.0 Å². The molecule has 2 aromatic carbocycles. The third kappa shape index (κ3) is 5.46. The van der Waals surface area contributed by atoms with Gasteiger partial charge in [-0.2, -0.15) is 0 Å². The molecule has 176 valence electrons. The highest BCUT2D eigenvalue weighted by molar-refractivity contribution is 5.83. The topological polar surface area (TPSA) is 75.0 Å². The molecule has 0 aliphatic carbocycles. The summed E-state index contributed by atoms with van der Waals surface area (Å²) in [6.07, 6.45) is 4.55. The molecule has 0 saturated carbocycles. The number of benzene rings is 2. The quantitative estimate of drug-likeness (QED) is 0.465. The van der Waals surface area contributed by atoms with Crippen LogP contribution in [0.15, 0.2) is 35.1 Å². The van der Waals surface area contributed by atoms with Crippen molar-refractivity contribution in [2.45, 2.75) is 13.0 Å². The molecule has 0 saturated heterocycles. The van der Waals surface area contributed by atoms with E-state index in [0.29, 0.717) is 46.3 Å². The highest BCUT2D eigenvalue weighted by Gasteiger charge is 2.14. The molecule has 8 heteroatoms. The van der Waals surface area contributed by atoms with Crippen LogP contribution < -0.4 is 24.5 Å². The van der Waals surface area contributed by atoms with E-state index >= 15 is 0 Å². The normalized spacial score (nSPS) is 11.4. The third-order valence-corrected chi connectivity index (χ3v) is 5.31. The van der Waals surface area contributed by atoms with E-state index in [0.717, 1.165) is 18.5 Å². The standard InChI is InChI=1S/C25H31N3O5/c1-27(2)12-7-13-28-24(11-9-17-8-10-20(30-3)21(14-17)31-4)26-19-16-23(33-6)22(32-5)15-18(19)25(28)29/h8-11,14-16H,7,12-13H2,1-6H3/b11-9+. The largest absolute Gasteiger partial charge is 0.493 e. The number of fused-ring (bicyclic) bond motifs is 1. The molecule has 1 aromatic heterocycles. The molecule has 3 aromatic rings. The Morgan fingerprint density at radius 3 is 2.15 bits per heavy atom. The van der Waals surface area contributed by atoms with Crippen LogP contribution in [0.4, 0.5) is 0 Å². The molecule has 0 fully saturated rings. The van der Waals surface area contributed by atoms with Gasteiger partial charge in [0.05, 0.1) is 39.3 Å². The first kappa shape index (κ1) is 24.1. The van der Waals surface area contributed by atoms with Gasteiger partial charge in [0.1, 0.15) is 5.82 Å². The van der Waals surface area contributed by atoms with Gasteiger partial charge in [-0.15, -0.1) is 0 Å². The molecular formula is C25H31N3O5. The number of hydrogen-bond acceptors (Lipinski definition) is 7. The molecule has 1 heterocycles. The molecule has 3 rings (SSSR count). The Kier molecular flexibility index (Phi) is 7.95. The fourth-order valence-electron chi connectivity index (χ4n) is 3.58. The second-order valence-corrected chi connectivity index (χ2v) is 7.76. The number of methoxy groups -OCH3 is 4. The molecular weight excluding hydrogens is 422 g/mol. The van der Waals surface area contributed by atoms with E-state index in [9.17, 15) is 4.79 Å². The first-order valence-electron chi connectivity index (χ1n) is 10.6. The number of nitrogens with zero attached hydrogens (tertiary/aromatic N) is 3. The molecule has 33 heavy (non-hydrogen) atoms. The minimum atomic E-state index is -0.119. The van der Waals surface area contributed by atoms with Crippen LogP contribution in [0.1, 0.15) is 17.8 Å². The summed E-state index contributed by atoms with van der Waals surface area (Å²) in [5.41, 5.74) is 1.33. The van der Waals surface area contributed by atoms with E-state index in [-0.39, 0.29) is 5.56 Å². The van der Waals surface area contributed by atoms with E-state index in [2.05, 4.69) is 4.90 Å². The van der Waals surface area contributed by atoms with Crippen LogP contribution in [0.2, 0.25) is 0 Å². The van der Waals surface area contributed by atoms with Crippen molar-refractivity contribution in [1.82, 2.24) is 14.5 Å². The maximum Gasteiger partial charge on any atom is 0.261 e. The number of hydrogen-bond donors (Lipinski definition) is 0. The minimum Gasteiger partial charge on any atom is -0.493 e. The van der Waals surface area contributed by atoms with Crippen LogP contribution in [-0.4, -0.2) is 63.5 Å². The van der Waals surface area contributed by atoms with Crippen molar-refractivity contribution in [1.29, 1.82) is 0 Å². The molecule has 0 bridgehead atoms. The molecule has 8 nitrogen and oxygen atoms in total. The minimum absolute atomic E-state index is 0.119. The van der Waals surface area contributed by atoms with Gasteiger partial charge >= 0.3 is 0 Å². The second-order valence-electron chi connectivity index (χ2n) is 7.76. The maximum atomic E-state index is 13.4. The van der Waals surface area contributed by atoms with Gasteiger partial charge in [0, 0.05) is 12.6 Å². The Hall–Kier alpha value is -3.52. The van der Waals surface area contributed by atoms with Gasteiger partial charge in [0.2, 0.25) is 0 Å². The Bertz CT molecular complexity index is 1200. The van der Waals surface area contributed by atoms with Crippen LogP contribution in [0.3, 0.4) is 0 Å². The summed E-state index contributed by atoms with van der Waals surface area (Å²) in [6.45, 7) is 1.40. The van der Waals surface area contributed by atoms with Crippen molar-refractivity contribution in [3.05, 3.63) is 52.1 Å². The van der Waals surface area contributed by atoms with Crippen molar-refractivity contribution in [2.24, 2.45) is 0 Å². The van der Waals surface area contributed by atoms with E-state index < -0.39 is 0 Å². The van der Waals surface area contributed by atoms with E-state index in [1.54, 1.807) is 45.1 Å². The van der Waals surface area contributed by atoms with E-state index in [1.807, 2.05) is 44.4 Å². The van der Waals surface area contributed by atoms with Gasteiger partial charge < -0.3 is 23.8 Å². The summed E-state index contributed by atoms with van der Waals surface area (Å²) in [5.74, 6) is 2.87. The maximum absolute atomic E-state index is 13.4. The SMILES string of the molecule is COc1ccc(/C=C/c2nc3cc(OC)c(OC)cc3c(=O)n2CCCN(C)C)cc1OC. The highest BCUT2D eigenvalue weighted by atomic mass is 16.5. The fourth-order valence-corrected chi connectivity index (χ4v) is 3.58. The van der Waals surface area contributed by atoms with Crippen molar-refractivity contribution < 1.29 is 18.9 Å². The zero-order chi connectivity index (χ0) is 24.0. The van der Waals surface area contributed by atoms with Crippen LogP contribution in [0, 0.1) is 0 Å². The predicted molar refractivity (Wildman–Crippen MR) is 131 cm³/mol. The van der Waals surface area contributed by atoms with Crippen molar-refractivity contribution >= 4 is 23.1 Å². The van der Waals surface area contributed by atoms with Crippen LogP contribution >= 0.6 is 0 Å². The summed E-state index contributed by atoms with van der Waals surface area (Å²) >= 11 is 0. The summed E-state index contributed by atoms with van der Waals surface area (Å²) in [6, 6.07) is 9.05. The highest BCUT2D eigenvalue weighted by Crippen LogP contribution is 2.31. The molecule has 0 N–H and O–H groups in total. The Balaban J connectivity index is 2.10. The lowest BCUT2D eigenvalue weighted by molar-refractivity contribution is 0.355. The summed E-state index contributed by atoms with van der Waals surface area (Å²) in [7, 11) is 10.3. The van der Waals surface area contributed by atoms with Crippen LogP contribution in [0.25, 0.3) is 23.1 Å². The zero-order valence-corrected chi connectivity index (χ0v) is 20.0. The lowest BCUT2D eigenvalue weighted by Gasteiger charge is -2.15. The van der Waals surface area contributed by atoms with Gasteiger partial charge in [-0.3, -0.25) is 9.36 Å². The van der Waals surface area contributed by atoms with Gasteiger partial charge in [-0.05, 0) is 56.9 Å². The first-order chi connectivity index (χ1) is 15.9. The Morgan fingerprint density at radius 2 is 1.52 bits per heavy atom. The molecule has 0 radical (unpaired) electrons. The average molecular weight is 454 g/mol. The van der Waals surface area contributed by atoms with Crippen molar-refractivity contribution in [3.8, 4) is 23.0 Å². The lowest BCUT2D eigenvalue weighted by Crippen LogP contribution is -2.26. The molecule has 0 spiro atoms. The molecule has 0 amide bonds. The summed E-state index contributed by atoms with van der Waals surface area (Å²) in [5, 5.41) is 0.487.